The normalized spacial score (nSPS) is 23.6. The maximum Gasteiger partial charge on any atom is 0.297 e. The van der Waals surface area contributed by atoms with Crippen LogP contribution in [0.3, 0.4) is 0 Å². The number of aromatic nitrogens is 2. The monoisotopic (exact) mass is 1170 g/mol. The van der Waals surface area contributed by atoms with Crippen LogP contribution < -0.4 is 34.0 Å². The molecule has 1 spiro atoms. The predicted molar refractivity (Wildman–Crippen MR) is 312 cm³/mol. The summed E-state index contributed by atoms with van der Waals surface area (Å²) < 4.78 is 90.8. The Morgan fingerprint density at radius 3 is 2.50 bits per heavy atom. The van der Waals surface area contributed by atoms with Crippen LogP contribution >= 0.6 is 0 Å². The number of nitrogens with one attached hydrogen (secondary N) is 3. The van der Waals surface area contributed by atoms with Gasteiger partial charge in [-0.15, -0.1) is 0 Å². The van der Waals surface area contributed by atoms with E-state index >= 15 is 4.79 Å². The van der Waals surface area contributed by atoms with E-state index in [0.29, 0.717) is 68.3 Å². The number of fused-ring (bicyclic) bond motifs is 4. The molecule has 84 heavy (non-hydrogen) atoms. The van der Waals surface area contributed by atoms with Gasteiger partial charge in [0.1, 0.15) is 35.4 Å². The highest BCUT2D eigenvalue weighted by atomic mass is 32.2. The van der Waals surface area contributed by atoms with Gasteiger partial charge in [-0.2, -0.15) is 4.98 Å². The summed E-state index contributed by atoms with van der Waals surface area (Å²) in [5.41, 5.74) is 3.34. The molecule has 1 aliphatic carbocycles. The second-order valence-corrected chi connectivity index (χ2v) is 26.3. The summed E-state index contributed by atoms with van der Waals surface area (Å²) in [6, 6.07) is 23.7. The van der Waals surface area contributed by atoms with Crippen molar-refractivity contribution in [2.75, 3.05) is 74.3 Å². The number of aromatic amines is 1. The number of pyridine rings is 1. The van der Waals surface area contributed by atoms with Gasteiger partial charge in [-0.1, -0.05) is 24.3 Å². The van der Waals surface area contributed by atoms with Gasteiger partial charge >= 0.3 is 0 Å². The molecule has 1 amide bonds. The highest BCUT2D eigenvalue weighted by Crippen LogP contribution is 2.55. The van der Waals surface area contributed by atoms with E-state index < -0.39 is 54.8 Å². The number of ether oxygens (including phenoxy) is 5. The predicted octanol–water partition coefficient (Wildman–Crippen LogP) is 10.0. The molecule has 19 nitrogen and oxygen atoms in total. The number of amides is 1. The van der Waals surface area contributed by atoms with Gasteiger partial charge in [0.2, 0.25) is 5.88 Å². The van der Waals surface area contributed by atoms with Crippen LogP contribution in [0.25, 0.3) is 11.0 Å². The topological polar surface area (TPSA) is 206 Å². The molecule has 4 saturated heterocycles. The van der Waals surface area contributed by atoms with E-state index in [1.165, 1.54) is 18.2 Å². The number of nitro benzene ring substituents is 1. The Labute approximate surface area is 487 Å². The average Bonchev–Trinajstić information content (AvgIpc) is 1.23. The molecule has 6 aliphatic heterocycles. The number of anilines is 4. The molecule has 0 unspecified atom stereocenters. The quantitative estimate of drug-likeness (QED) is 0.0726. The number of nitrogens with zero attached hydrogens (tertiary/aromatic N) is 6. The van der Waals surface area contributed by atoms with Crippen LogP contribution in [0.4, 0.5) is 37.2 Å². The Morgan fingerprint density at radius 1 is 0.929 bits per heavy atom. The molecule has 8 heterocycles. The number of nitro groups is 1. The van der Waals surface area contributed by atoms with Crippen LogP contribution in [-0.2, 0) is 26.0 Å². The SMILES string of the molecule is CC(C)Oc1ccccc1[C@@H]1CN(Cc2ccc(F)c(F)c2)CCN1C1CC2(CCN(c3ccc(C(=O)NS(=O)(=O)c4cc5c(c([N+](=O)[O-])c4)N[C@H](C4CCOCC4)CO5)c(N4c5cc6cc[nH]c6nc5O[C@H]5[C@H]4CCOC5(C)C)c3)CC2)C1. The summed E-state index contributed by atoms with van der Waals surface area (Å²) in [6.07, 6.45) is 7.14. The number of sulfonamides is 1. The number of piperazine rings is 1. The first-order valence-electron chi connectivity index (χ1n) is 29.4. The van der Waals surface area contributed by atoms with E-state index in [0.717, 1.165) is 98.7 Å². The third-order valence-corrected chi connectivity index (χ3v) is 19.9. The Morgan fingerprint density at radius 2 is 1.73 bits per heavy atom. The second-order valence-electron chi connectivity index (χ2n) is 24.7. The number of hydrogen-bond acceptors (Lipinski definition) is 16. The number of para-hydroxylation sites is 1. The van der Waals surface area contributed by atoms with Crippen LogP contribution in [0.1, 0.15) is 100 Å². The van der Waals surface area contributed by atoms with Crippen molar-refractivity contribution in [1.29, 1.82) is 0 Å². The van der Waals surface area contributed by atoms with Gasteiger partial charge in [0.25, 0.3) is 21.6 Å². The van der Waals surface area contributed by atoms with Gasteiger partial charge in [-0.3, -0.25) is 24.7 Å². The van der Waals surface area contributed by atoms with Crippen molar-refractivity contribution in [2.45, 2.75) is 126 Å². The largest absolute Gasteiger partial charge is 0.491 e. The van der Waals surface area contributed by atoms with Crippen LogP contribution in [0.15, 0.2) is 96.0 Å². The number of carbonyl (C=O) groups excluding carboxylic acids is 1. The van der Waals surface area contributed by atoms with Crippen LogP contribution in [0.2, 0.25) is 0 Å². The molecule has 13 rings (SSSR count). The fraction of sp³-hybridized carbons (Fsp3) is 0.484. The van der Waals surface area contributed by atoms with E-state index in [1.54, 1.807) is 18.3 Å². The Kier molecular flexibility index (Phi) is 14.7. The minimum Gasteiger partial charge on any atom is -0.491 e. The zero-order chi connectivity index (χ0) is 58.2. The van der Waals surface area contributed by atoms with Crippen molar-refractivity contribution in [3.05, 3.63) is 130 Å². The lowest BCUT2D eigenvalue weighted by Crippen LogP contribution is -2.61. The van der Waals surface area contributed by atoms with Gasteiger partial charge in [-0.25, -0.2) is 21.9 Å². The minimum atomic E-state index is -4.75. The van der Waals surface area contributed by atoms with Crippen molar-refractivity contribution < 1.29 is 50.6 Å². The van der Waals surface area contributed by atoms with Gasteiger partial charge in [0, 0.05) is 100 Å². The van der Waals surface area contributed by atoms with Gasteiger partial charge in [0.15, 0.2) is 23.1 Å². The zero-order valence-electron chi connectivity index (χ0n) is 47.7. The van der Waals surface area contributed by atoms with Crippen LogP contribution in [-0.4, -0.2) is 134 Å². The number of halogens is 2. The standard InChI is InChI=1S/C62H71F2N9O10S/c1-37(2)82-54-8-6-5-7-44(54)53-35-69(34-38-9-12-46(63)47(64)27-38)22-23-71(53)42-32-62(33-42)17-20-70(21-18-62)41-10-11-45(50(29-41)72-49-16-26-81-61(3,4)57(49)83-60-52(72)28-40-13-19-65-58(40)67-60)59(74)68-84(77,78)43-30-51(73(75)76)56-55(31-43)80-36-48(66-56)39-14-24-79-25-15-39/h5-13,19,27-31,37,39,42,48-49,53,57,66H,14-18,20-26,32-36H2,1-4H3,(H,65,67)(H,68,74)/t48-,49+,53-,57-/m0/s1. The molecule has 5 fully saturated rings. The number of benzene rings is 4. The summed E-state index contributed by atoms with van der Waals surface area (Å²) in [6.45, 7) is 13.9. The molecule has 4 atom stereocenters. The van der Waals surface area contributed by atoms with Crippen LogP contribution in [0.5, 0.6) is 17.4 Å². The lowest BCUT2D eigenvalue weighted by molar-refractivity contribution is -0.384. The van der Waals surface area contributed by atoms with E-state index in [1.807, 2.05) is 64.1 Å². The fourth-order valence-corrected chi connectivity index (χ4v) is 15.2. The highest BCUT2D eigenvalue weighted by Gasteiger charge is 2.52. The van der Waals surface area contributed by atoms with E-state index in [2.05, 4.69) is 46.8 Å². The lowest BCUT2D eigenvalue weighted by atomic mass is 9.59. The average molecular weight is 1170 g/mol. The molecule has 4 aromatic carbocycles. The highest BCUT2D eigenvalue weighted by molar-refractivity contribution is 7.90. The molecule has 22 heteroatoms. The molecule has 6 aromatic rings. The first kappa shape index (κ1) is 56.0. The van der Waals surface area contributed by atoms with Crippen LogP contribution in [0, 0.1) is 33.1 Å². The van der Waals surface area contributed by atoms with E-state index in [9.17, 15) is 27.3 Å². The zero-order valence-corrected chi connectivity index (χ0v) is 48.5. The molecule has 444 valence electrons. The minimum absolute atomic E-state index is 0.00690. The van der Waals surface area contributed by atoms with Gasteiger partial charge in [-0.05, 0) is 138 Å². The molecule has 0 radical (unpaired) electrons. The van der Waals surface area contributed by atoms with E-state index in [4.69, 9.17) is 28.7 Å². The number of piperidine rings is 1. The number of H-pyrrole nitrogens is 1. The molecular formula is C62H71F2N9O10S. The maximum atomic E-state index is 15.0. The summed E-state index contributed by atoms with van der Waals surface area (Å²) >= 11 is 0. The fourth-order valence-electron chi connectivity index (χ4n) is 14.2. The third-order valence-electron chi connectivity index (χ3n) is 18.6. The molecule has 3 N–H and O–H groups in total. The van der Waals surface area contributed by atoms with Crippen molar-refractivity contribution in [3.8, 4) is 17.4 Å². The molecule has 0 bridgehead atoms. The van der Waals surface area contributed by atoms with Crippen molar-refractivity contribution in [3.63, 3.8) is 0 Å². The van der Waals surface area contributed by atoms with Crippen molar-refractivity contribution >= 4 is 55.4 Å². The summed E-state index contributed by atoms with van der Waals surface area (Å²) in [5, 5.41) is 16.7. The Hall–Kier alpha value is -7.11. The third kappa shape index (κ3) is 10.7. The van der Waals surface area contributed by atoms with E-state index in [-0.39, 0.29) is 59.2 Å². The molecule has 1 saturated carbocycles. The Balaban J connectivity index is 0.787. The van der Waals surface area contributed by atoms with Gasteiger partial charge in [0.05, 0.1) is 45.3 Å². The molecule has 7 aliphatic rings. The number of hydrogen-bond donors (Lipinski definition) is 3. The summed E-state index contributed by atoms with van der Waals surface area (Å²) in [7, 11) is -4.75. The summed E-state index contributed by atoms with van der Waals surface area (Å²) in [4.78, 5) is 44.0. The summed E-state index contributed by atoms with van der Waals surface area (Å²) in [5.74, 6) is -1.30. The first-order chi connectivity index (χ1) is 40.4. The van der Waals surface area contributed by atoms with Crippen molar-refractivity contribution in [1.82, 2.24) is 24.5 Å². The first-order valence-corrected chi connectivity index (χ1v) is 30.9. The lowest BCUT2D eigenvalue weighted by Gasteiger charge is -2.58. The second kappa shape index (κ2) is 22.1. The maximum absolute atomic E-state index is 15.0. The van der Waals surface area contributed by atoms with Gasteiger partial charge < -0.3 is 43.8 Å². The van der Waals surface area contributed by atoms with Crippen molar-refractivity contribution in [2.24, 2.45) is 11.3 Å². The smallest absolute Gasteiger partial charge is 0.297 e. The number of carbonyl (C=O) groups is 1. The molecule has 2 aromatic heterocycles. The number of rotatable bonds is 13. The molecular weight excluding hydrogens is 1100 g/mol. The Bertz CT molecular complexity index is 3620.